The fourth-order valence-electron chi connectivity index (χ4n) is 5.57. The van der Waals surface area contributed by atoms with Gasteiger partial charge in [0.1, 0.15) is 6.04 Å². The highest BCUT2D eigenvalue weighted by Crippen LogP contribution is 2.58. The number of carbonyl (C=O) groups excluding carboxylic acids is 2. The molecule has 0 radical (unpaired) electrons. The van der Waals surface area contributed by atoms with Crippen molar-refractivity contribution in [2.45, 2.75) is 45.1 Å². The molecule has 0 aliphatic heterocycles. The molecule has 0 saturated heterocycles. The van der Waals surface area contributed by atoms with Crippen LogP contribution in [0.4, 0.5) is 0 Å². The van der Waals surface area contributed by atoms with Gasteiger partial charge in [0.05, 0.1) is 21.4 Å². The zero-order chi connectivity index (χ0) is 29.3. The van der Waals surface area contributed by atoms with E-state index in [9.17, 15) is 9.59 Å². The third-order valence-electron chi connectivity index (χ3n) is 8.16. The summed E-state index contributed by atoms with van der Waals surface area (Å²) >= 11 is 18.8. The standard InChI is InChI=1S/C31H30Cl3N5O2/c1-31(2)20(14-29(40)37-27(30(35)41)12-18-6-3-4-8-23(18)32)13-22(31)28-16-26(19-7-5-11-36-17-19)38-39(28)21-9-10-24(33)25(34)15-21/h3-11,15-17,20,22,27H,12-14H2,1-2H3,(H2,35,41)(H,37,40)/t20-,22-,27+/m1/s1. The lowest BCUT2D eigenvalue weighted by atomic mass is 9.52. The van der Waals surface area contributed by atoms with Crippen LogP contribution in [0.1, 0.15) is 43.9 Å². The first-order valence-electron chi connectivity index (χ1n) is 13.3. The number of nitrogens with zero attached hydrogens (tertiary/aromatic N) is 3. The van der Waals surface area contributed by atoms with E-state index in [1.165, 1.54) is 0 Å². The topological polar surface area (TPSA) is 103 Å². The maximum absolute atomic E-state index is 13.1. The van der Waals surface area contributed by atoms with Crippen molar-refractivity contribution in [1.82, 2.24) is 20.1 Å². The van der Waals surface area contributed by atoms with E-state index in [-0.39, 0.29) is 36.0 Å². The third-order valence-corrected chi connectivity index (χ3v) is 9.27. The highest BCUT2D eigenvalue weighted by Gasteiger charge is 2.50. The zero-order valence-electron chi connectivity index (χ0n) is 22.7. The van der Waals surface area contributed by atoms with Gasteiger partial charge < -0.3 is 11.1 Å². The van der Waals surface area contributed by atoms with Gasteiger partial charge >= 0.3 is 0 Å². The molecule has 3 N–H and O–H groups in total. The predicted octanol–water partition coefficient (Wildman–Crippen LogP) is 6.63. The highest BCUT2D eigenvalue weighted by molar-refractivity contribution is 6.42. The van der Waals surface area contributed by atoms with Gasteiger partial charge in [0.25, 0.3) is 0 Å². The van der Waals surface area contributed by atoms with E-state index in [4.69, 9.17) is 45.6 Å². The first kappa shape index (κ1) is 29.1. The van der Waals surface area contributed by atoms with Crippen LogP contribution in [-0.4, -0.2) is 32.6 Å². The Morgan fingerprint density at radius 2 is 1.83 bits per heavy atom. The van der Waals surface area contributed by atoms with Crippen LogP contribution in [0.2, 0.25) is 15.1 Å². The molecule has 2 heterocycles. The number of aromatic nitrogens is 3. The molecule has 10 heteroatoms. The molecule has 2 aromatic heterocycles. The largest absolute Gasteiger partial charge is 0.368 e. The summed E-state index contributed by atoms with van der Waals surface area (Å²) in [6.45, 7) is 4.31. The van der Waals surface area contributed by atoms with Gasteiger partial charge in [-0.3, -0.25) is 14.6 Å². The van der Waals surface area contributed by atoms with E-state index >= 15 is 0 Å². The number of halogens is 3. The van der Waals surface area contributed by atoms with E-state index in [1.54, 1.807) is 30.6 Å². The summed E-state index contributed by atoms with van der Waals surface area (Å²) in [5, 5.41) is 9.19. The number of hydrogen-bond acceptors (Lipinski definition) is 4. The fourth-order valence-corrected chi connectivity index (χ4v) is 6.08. The van der Waals surface area contributed by atoms with Crippen LogP contribution in [0.3, 0.4) is 0 Å². The van der Waals surface area contributed by atoms with Crippen LogP contribution >= 0.6 is 34.8 Å². The average molecular weight is 611 g/mol. The lowest BCUT2D eigenvalue weighted by Gasteiger charge is -2.52. The zero-order valence-corrected chi connectivity index (χ0v) is 24.9. The van der Waals surface area contributed by atoms with E-state index < -0.39 is 11.9 Å². The molecule has 1 saturated carbocycles. The normalized spacial score (nSPS) is 18.4. The molecular weight excluding hydrogens is 581 g/mol. The van der Waals surface area contributed by atoms with Crippen LogP contribution in [0.5, 0.6) is 0 Å². The first-order chi connectivity index (χ1) is 19.5. The molecule has 2 aromatic carbocycles. The second-order valence-electron chi connectivity index (χ2n) is 11.0. The smallest absolute Gasteiger partial charge is 0.240 e. The number of hydrogen-bond donors (Lipinski definition) is 2. The number of nitrogens with two attached hydrogens (primary N) is 1. The number of rotatable bonds is 9. The molecular formula is C31H30Cl3N5O2. The van der Waals surface area contributed by atoms with Crippen LogP contribution in [0.25, 0.3) is 16.9 Å². The van der Waals surface area contributed by atoms with E-state index in [0.29, 0.717) is 15.1 Å². The monoisotopic (exact) mass is 609 g/mol. The van der Waals surface area contributed by atoms with E-state index in [0.717, 1.165) is 34.6 Å². The summed E-state index contributed by atoms with van der Waals surface area (Å²) in [5.74, 6) is -0.619. The van der Waals surface area contributed by atoms with Gasteiger partial charge in [-0.05, 0) is 65.8 Å². The summed E-state index contributed by atoms with van der Waals surface area (Å²) in [6, 6.07) is 17.7. The summed E-state index contributed by atoms with van der Waals surface area (Å²) in [7, 11) is 0. The quantitative estimate of drug-likeness (QED) is 0.222. The Hall–Kier alpha value is -3.39. The minimum Gasteiger partial charge on any atom is -0.368 e. The van der Waals surface area contributed by atoms with Crippen molar-refractivity contribution in [3.63, 3.8) is 0 Å². The van der Waals surface area contributed by atoms with Crippen molar-refractivity contribution in [1.29, 1.82) is 0 Å². The second kappa shape index (κ2) is 11.8. The van der Waals surface area contributed by atoms with Gasteiger partial charge in [-0.25, -0.2) is 4.68 Å². The van der Waals surface area contributed by atoms with Crippen molar-refractivity contribution in [2.24, 2.45) is 17.1 Å². The molecule has 1 fully saturated rings. The summed E-state index contributed by atoms with van der Waals surface area (Å²) in [5.41, 5.74) is 9.64. The molecule has 0 unspecified atom stereocenters. The Morgan fingerprint density at radius 1 is 1.05 bits per heavy atom. The highest BCUT2D eigenvalue weighted by atomic mass is 35.5. The maximum Gasteiger partial charge on any atom is 0.240 e. The van der Waals surface area contributed by atoms with Crippen molar-refractivity contribution in [3.8, 4) is 16.9 Å². The molecule has 0 spiro atoms. The first-order valence-corrected chi connectivity index (χ1v) is 14.5. The van der Waals surface area contributed by atoms with Gasteiger partial charge in [-0.1, -0.05) is 66.8 Å². The Kier molecular flexibility index (Phi) is 8.41. The summed E-state index contributed by atoms with van der Waals surface area (Å²) in [6.07, 6.45) is 4.78. The molecule has 1 aliphatic rings. The second-order valence-corrected chi connectivity index (χ2v) is 12.3. The van der Waals surface area contributed by atoms with Crippen molar-refractivity contribution < 1.29 is 9.59 Å². The lowest BCUT2D eigenvalue weighted by molar-refractivity contribution is -0.130. The van der Waals surface area contributed by atoms with Crippen LogP contribution < -0.4 is 11.1 Å². The van der Waals surface area contributed by atoms with E-state index in [1.807, 2.05) is 41.1 Å². The third kappa shape index (κ3) is 6.13. The predicted molar refractivity (Wildman–Crippen MR) is 162 cm³/mol. The molecule has 7 nitrogen and oxygen atoms in total. The molecule has 3 atom stereocenters. The SMILES string of the molecule is CC1(C)[C@@H](CC(=O)N[C@@H](Cc2ccccc2Cl)C(N)=O)C[C@@H]1c1cc(-c2cccnc2)nn1-c1ccc(Cl)c(Cl)c1. The number of pyridine rings is 1. The van der Waals surface area contributed by atoms with Crippen molar-refractivity contribution in [3.05, 3.63) is 99.4 Å². The fraction of sp³-hybridized carbons (Fsp3) is 0.290. The van der Waals surface area contributed by atoms with Gasteiger partial charge in [0.2, 0.25) is 11.8 Å². The number of amides is 2. The van der Waals surface area contributed by atoms with Gasteiger partial charge in [0.15, 0.2) is 0 Å². The van der Waals surface area contributed by atoms with Crippen molar-refractivity contribution >= 4 is 46.6 Å². The summed E-state index contributed by atoms with van der Waals surface area (Å²) < 4.78 is 1.90. The Balaban J connectivity index is 1.35. The number of carbonyl (C=O) groups is 2. The molecule has 41 heavy (non-hydrogen) atoms. The van der Waals surface area contributed by atoms with Gasteiger partial charge in [-0.2, -0.15) is 5.10 Å². The number of nitrogens with one attached hydrogen (secondary N) is 1. The van der Waals surface area contributed by atoms with Gasteiger partial charge in [-0.15, -0.1) is 0 Å². The number of primary amides is 1. The molecule has 2 amide bonds. The molecule has 5 rings (SSSR count). The minimum absolute atomic E-state index is 0.0836. The molecule has 212 valence electrons. The Morgan fingerprint density at radius 3 is 2.49 bits per heavy atom. The van der Waals surface area contributed by atoms with Gasteiger partial charge in [0, 0.05) is 47.4 Å². The maximum atomic E-state index is 13.1. The molecule has 4 aromatic rings. The molecule has 0 bridgehead atoms. The summed E-state index contributed by atoms with van der Waals surface area (Å²) in [4.78, 5) is 29.5. The van der Waals surface area contributed by atoms with Crippen LogP contribution in [-0.2, 0) is 16.0 Å². The minimum atomic E-state index is -0.848. The van der Waals surface area contributed by atoms with Crippen molar-refractivity contribution in [2.75, 3.05) is 0 Å². The van der Waals surface area contributed by atoms with E-state index in [2.05, 4.69) is 30.2 Å². The molecule has 1 aliphatic carbocycles. The Labute approximate surface area is 254 Å². The average Bonchev–Trinajstić information content (AvgIpc) is 3.38. The van der Waals surface area contributed by atoms with Crippen LogP contribution in [0.15, 0.2) is 73.1 Å². The Bertz CT molecular complexity index is 1590. The van der Waals surface area contributed by atoms with Crippen LogP contribution in [0, 0.1) is 11.3 Å². The lowest BCUT2D eigenvalue weighted by Crippen LogP contribution is -2.49. The number of benzene rings is 2.